The van der Waals surface area contributed by atoms with Crippen LogP contribution in [0.2, 0.25) is 0 Å². The zero-order chi connectivity index (χ0) is 14.9. The first-order valence-electron chi connectivity index (χ1n) is 5.92. The van der Waals surface area contributed by atoms with E-state index in [-0.39, 0.29) is 23.6 Å². The van der Waals surface area contributed by atoms with Crippen molar-refractivity contribution in [2.75, 3.05) is 5.73 Å². The third kappa shape index (κ3) is 2.23. The number of halogens is 3. The van der Waals surface area contributed by atoms with Gasteiger partial charge >= 0.3 is 0 Å². The predicted molar refractivity (Wildman–Crippen MR) is 70.2 cm³/mol. The van der Waals surface area contributed by atoms with Crippen LogP contribution in [0.3, 0.4) is 0 Å². The first kappa shape index (κ1) is 14.0. The Morgan fingerprint density at radius 3 is 2.40 bits per heavy atom. The quantitative estimate of drug-likeness (QED) is 0.693. The Balaban J connectivity index is 2.62. The molecule has 0 unspecified atom stereocenters. The third-order valence-electron chi connectivity index (χ3n) is 2.91. The molecular formula is C14H12F3N3. The Morgan fingerprint density at radius 2 is 1.90 bits per heavy atom. The molecule has 2 aromatic rings. The zero-order valence-corrected chi connectivity index (χ0v) is 10.8. The topological polar surface area (TPSA) is 43.8 Å². The van der Waals surface area contributed by atoms with Crippen LogP contribution in [0.4, 0.5) is 19.0 Å². The fraction of sp³-hybridized carbons (Fsp3) is 0.214. The number of anilines is 1. The van der Waals surface area contributed by atoms with E-state index in [0.29, 0.717) is 12.2 Å². The zero-order valence-electron chi connectivity index (χ0n) is 10.8. The van der Waals surface area contributed by atoms with Crippen LogP contribution in [0.25, 0.3) is 11.3 Å². The molecule has 1 aromatic heterocycles. The summed E-state index contributed by atoms with van der Waals surface area (Å²) < 4.78 is 41.1. The normalized spacial score (nSPS) is 10.6. The number of imidazole rings is 1. The summed E-state index contributed by atoms with van der Waals surface area (Å²) in [5, 5.41) is 0. The minimum Gasteiger partial charge on any atom is -0.383 e. The van der Waals surface area contributed by atoms with Gasteiger partial charge in [-0.05, 0) is 12.1 Å². The molecule has 104 valence electrons. The molecular weight excluding hydrogens is 267 g/mol. The molecule has 0 radical (unpaired) electrons. The van der Waals surface area contributed by atoms with Crippen molar-refractivity contribution in [3.63, 3.8) is 0 Å². The summed E-state index contributed by atoms with van der Waals surface area (Å²) in [5.41, 5.74) is 6.17. The number of aryl methyl sites for hydroxylation is 1. The fourth-order valence-electron chi connectivity index (χ4n) is 1.96. The maximum Gasteiger partial charge on any atom is 0.194 e. The summed E-state index contributed by atoms with van der Waals surface area (Å²) in [6.45, 7) is 2.05. The van der Waals surface area contributed by atoms with E-state index < -0.39 is 17.5 Å². The molecule has 6 heteroatoms. The van der Waals surface area contributed by atoms with Gasteiger partial charge < -0.3 is 10.3 Å². The molecule has 0 atom stereocenters. The summed E-state index contributed by atoms with van der Waals surface area (Å²) in [6.07, 6.45) is 5.80. The number of nitrogen functional groups attached to an aromatic ring is 1. The standard InChI is InChI=1S/C14H12F3N3/c1-3-5-20-11(4-2)19-13(14(20)18)8-6-9(15)12(17)10(16)7-8/h1,6-7H,4-5,18H2,2H3. The minimum atomic E-state index is -1.52. The molecule has 20 heavy (non-hydrogen) atoms. The van der Waals surface area contributed by atoms with Gasteiger partial charge in [-0.3, -0.25) is 0 Å². The maximum absolute atomic E-state index is 13.3. The maximum atomic E-state index is 13.3. The third-order valence-corrected chi connectivity index (χ3v) is 2.91. The van der Waals surface area contributed by atoms with Crippen molar-refractivity contribution in [2.45, 2.75) is 19.9 Å². The van der Waals surface area contributed by atoms with Crippen molar-refractivity contribution >= 4 is 5.82 Å². The molecule has 0 fully saturated rings. The van der Waals surface area contributed by atoms with Crippen LogP contribution in [0.15, 0.2) is 12.1 Å². The van der Waals surface area contributed by atoms with E-state index >= 15 is 0 Å². The molecule has 1 aromatic carbocycles. The van der Waals surface area contributed by atoms with E-state index in [1.807, 2.05) is 6.92 Å². The van der Waals surface area contributed by atoms with Gasteiger partial charge in [-0.1, -0.05) is 12.8 Å². The molecule has 0 saturated carbocycles. The molecule has 2 rings (SSSR count). The molecule has 0 saturated heterocycles. The van der Waals surface area contributed by atoms with Crippen LogP contribution in [-0.2, 0) is 13.0 Å². The number of hydrogen-bond acceptors (Lipinski definition) is 2. The Hall–Kier alpha value is -2.42. The minimum absolute atomic E-state index is 0.0735. The van der Waals surface area contributed by atoms with Crippen LogP contribution in [0.5, 0.6) is 0 Å². The van der Waals surface area contributed by atoms with Crippen molar-refractivity contribution in [1.29, 1.82) is 0 Å². The van der Waals surface area contributed by atoms with Gasteiger partial charge in [0.15, 0.2) is 17.5 Å². The average molecular weight is 279 g/mol. The first-order valence-corrected chi connectivity index (χ1v) is 5.92. The van der Waals surface area contributed by atoms with Crippen LogP contribution in [0, 0.1) is 29.8 Å². The van der Waals surface area contributed by atoms with Gasteiger partial charge in [-0.2, -0.15) is 0 Å². The number of rotatable bonds is 3. The summed E-state index contributed by atoms with van der Waals surface area (Å²) in [7, 11) is 0. The molecule has 0 spiro atoms. The van der Waals surface area contributed by atoms with Gasteiger partial charge in [0.05, 0.1) is 6.54 Å². The molecule has 0 amide bonds. The number of hydrogen-bond donors (Lipinski definition) is 1. The number of terminal acetylenes is 1. The van der Waals surface area contributed by atoms with E-state index in [1.165, 1.54) is 0 Å². The van der Waals surface area contributed by atoms with Crippen LogP contribution >= 0.6 is 0 Å². The number of nitrogens with zero attached hydrogens (tertiary/aromatic N) is 2. The second-order valence-corrected chi connectivity index (χ2v) is 4.16. The smallest absolute Gasteiger partial charge is 0.194 e. The highest BCUT2D eigenvalue weighted by molar-refractivity contribution is 5.71. The number of aromatic nitrogens is 2. The van der Waals surface area contributed by atoms with Crippen LogP contribution in [-0.4, -0.2) is 9.55 Å². The summed E-state index contributed by atoms with van der Waals surface area (Å²) in [5.74, 6) is -0.870. The Morgan fingerprint density at radius 1 is 1.30 bits per heavy atom. The van der Waals surface area contributed by atoms with Crippen molar-refractivity contribution in [1.82, 2.24) is 9.55 Å². The van der Waals surface area contributed by atoms with E-state index in [9.17, 15) is 13.2 Å². The molecule has 2 N–H and O–H groups in total. The van der Waals surface area contributed by atoms with E-state index in [0.717, 1.165) is 12.1 Å². The second kappa shape index (κ2) is 5.29. The van der Waals surface area contributed by atoms with Gasteiger partial charge in [-0.15, -0.1) is 6.42 Å². The van der Waals surface area contributed by atoms with Gasteiger partial charge in [0.1, 0.15) is 17.3 Å². The Bertz CT molecular complexity index is 675. The number of benzene rings is 1. The Kier molecular flexibility index (Phi) is 3.70. The van der Waals surface area contributed by atoms with E-state index in [1.54, 1.807) is 4.57 Å². The van der Waals surface area contributed by atoms with Crippen molar-refractivity contribution in [3.05, 3.63) is 35.4 Å². The SMILES string of the molecule is C#CCn1c(CC)nc(-c2cc(F)c(F)c(F)c2)c1N. The van der Waals surface area contributed by atoms with E-state index in [4.69, 9.17) is 12.2 Å². The van der Waals surface area contributed by atoms with Crippen LogP contribution in [0.1, 0.15) is 12.7 Å². The van der Waals surface area contributed by atoms with Gasteiger partial charge in [0.2, 0.25) is 0 Å². The highest BCUT2D eigenvalue weighted by Gasteiger charge is 2.18. The average Bonchev–Trinajstić information content (AvgIpc) is 2.73. The van der Waals surface area contributed by atoms with Crippen molar-refractivity contribution < 1.29 is 13.2 Å². The molecule has 0 aliphatic rings. The van der Waals surface area contributed by atoms with Crippen LogP contribution < -0.4 is 5.73 Å². The molecule has 1 heterocycles. The second-order valence-electron chi connectivity index (χ2n) is 4.16. The number of nitrogens with two attached hydrogens (primary N) is 1. The highest BCUT2D eigenvalue weighted by atomic mass is 19.2. The summed E-state index contributed by atoms with van der Waals surface area (Å²) >= 11 is 0. The van der Waals surface area contributed by atoms with Gasteiger partial charge in [0, 0.05) is 12.0 Å². The van der Waals surface area contributed by atoms with Crippen molar-refractivity contribution in [3.8, 4) is 23.6 Å². The monoisotopic (exact) mass is 279 g/mol. The lowest BCUT2D eigenvalue weighted by atomic mass is 10.1. The van der Waals surface area contributed by atoms with E-state index in [2.05, 4.69) is 10.9 Å². The van der Waals surface area contributed by atoms with Gasteiger partial charge in [-0.25, -0.2) is 18.2 Å². The molecule has 0 bridgehead atoms. The molecule has 0 aliphatic carbocycles. The predicted octanol–water partition coefficient (Wildman–Crippen LogP) is 2.75. The highest BCUT2D eigenvalue weighted by Crippen LogP contribution is 2.29. The lowest BCUT2D eigenvalue weighted by molar-refractivity contribution is 0.447. The largest absolute Gasteiger partial charge is 0.383 e. The van der Waals surface area contributed by atoms with Gasteiger partial charge in [0.25, 0.3) is 0 Å². The fourth-order valence-corrected chi connectivity index (χ4v) is 1.96. The lowest BCUT2D eigenvalue weighted by Crippen LogP contribution is -2.05. The Labute approximate surface area is 114 Å². The summed E-state index contributed by atoms with van der Waals surface area (Å²) in [4.78, 5) is 4.22. The molecule has 0 aliphatic heterocycles. The summed E-state index contributed by atoms with van der Waals surface area (Å²) in [6, 6.07) is 1.72. The first-order chi connectivity index (χ1) is 9.49. The lowest BCUT2D eigenvalue weighted by Gasteiger charge is -2.04. The van der Waals surface area contributed by atoms with Crippen molar-refractivity contribution in [2.24, 2.45) is 0 Å². The molecule has 3 nitrogen and oxygen atoms in total.